The Kier molecular flexibility index (Phi) is 3.59. The van der Waals surface area contributed by atoms with Gasteiger partial charge in [-0.05, 0) is 23.1 Å². The van der Waals surface area contributed by atoms with Crippen LogP contribution in [0.1, 0.15) is 36.6 Å². The Hall–Kier alpha value is -1.61. The Morgan fingerprint density at radius 2 is 1.88 bits per heavy atom. The highest BCUT2D eigenvalue weighted by molar-refractivity contribution is 5.24. The summed E-state index contributed by atoms with van der Waals surface area (Å²) in [7, 11) is 0. The maximum absolute atomic E-state index is 5.53. The van der Waals surface area contributed by atoms with Gasteiger partial charge in [-0.3, -0.25) is 4.68 Å². The average Bonchev–Trinajstić information content (AvgIpc) is 2.77. The molecular weight excluding hydrogens is 210 g/mol. The summed E-state index contributed by atoms with van der Waals surface area (Å²) < 4.78 is 1.92. The molecule has 2 rings (SSSR count). The van der Waals surface area contributed by atoms with E-state index in [-0.39, 0.29) is 0 Å². The van der Waals surface area contributed by atoms with E-state index in [1.807, 2.05) is 16.9 Å². The molecule has 0 fully saturated rings. The maximum atomic E-state index is 5.53. The van der Waals surface area contributed by atoms with Crippen molar-refractivity contribution in [3.8, 4) is 0 Å². The van der Waals surface area contributed by atoms with Gasteiger partial charge in [-0.2, -0.15) is 5.10 Å². The van der Waals surface area contributed by atoms with Crippen molar-refractivity contribution in [2.45, 2.75) is 32.9 Å². The number of benzene rings is 1. The van der Waals surface area contributed by atoms with Crippen LogP contribution in [0.4, 0.5) is 0 Å². The first-order valence-corrected chi connectivity index (χ1v) is 6.00. The lowest BCUT2D eigenvalue weighted by atomic mass is 10.0. The predicted molar refractivity (Wildman–Crippen MR) is 69.8 cm³/mol. The Labute approximate surface area is 102 Å². The molecule has 0 aliphatic heterocycles. The Morgan fingerprint density at radius 3 is 2.41 bits per heavy atom. The van der Waals surface area contributed by atoms with Crippen LogP contribution in [0, 0.1) is 0 Å². The second-order valence-corrected chi connectivity index (χ2v) is 4.61. The van der Waals surface area contributed by atoms with Gasteiger partial charge in [0.2, 0.25) is 0 Å². The number of nitrogens with zero attached hydrogens (tertiary/aromatic N) is 2. The minimum atomic E-state index is 0.499. The van der Waals surface area contributed by atoms with Crippen molar-refractivity contribution in [3.05, 3.63) is 53.3 Å². The predicted octanol–water partition coefficient (Wildman–Crippen LogP) is 2.51. The zero-order valence-corrected chi connectivity index (χ0v) is 10.4. The summed E-state index contributed by atoms with van der Waals surface area (Å²) in [6, 6.07) is 10.7. The molecule has 0 aliphatic rings. The molecule has 0 unspecified atom stereocenters. The molecule has 3 heteroatoms. The van der Waals surface area contributed by atoms with Gasteiger partial charge in [0.1, 0.15) is 0 Å². The zero-order valence-electron chi connectivity index (χ0n) is 10.4. The maximum Gasteiger partial charge on any atom is 0.0760 e. The quantitative estimate of drug-likeness (QED) is 0.875. The van der Waals surface area contributed by atoms with Crippen LogP contribution in [0.3, 0.4) is 0 Å². The van der Waals surface area contributed by atoms with Gasteiger partial charge in [0.15, 0.2) is 0 Å². The van der Waals surface area contributed by atoms with Crippen LogP contribution >= 0.6 is 0 Å². The van der Waals surface area contributed by atoms with E-state index in [1.54, 1.807) is 0 Å². The molecule has 2 N–H and O–H groups in total. The number of hydrogen-bond donors (Lipinski definition) is 1. The van der Waals surface area contributed by atoms with Crippen LogP contribution in [-0.2, 0) is 13.1 Å². The molecule has 3 nitrogen and oxygen atoms in total. The number of aromatic nitrogens is 2. The molecule has 0 bridgehead atoms. The Bertz CT molecular complexity index is 468. The van der Waals surface area contributed by atoms with Crippen LogP contribution in [-0.4, -0.2) is 9.78 Å². The van der Waals surface area contributed by atoms with Crippen LogP contribution < -0.4 is 5.73 Å². The molecule has 0 saturated heterocycles. The summed E-state index contributed by atoms with van der Waals surface area (Å²) >= 11 is 0. The van der Waals surface area contributed by atoms with Crippen LogP contribution in [0.5, 0.6) is 0 Å². The molecule has 1 aromatic heterocycles. The van der Waals surface area contributed by atoms with E-state index >= 15 is 0 Å². The third kappa shape index (κ3) is 2.94. The second-order valence-electron chi connectivity index (χ2n) is 4.61. The van der Waals surface area contributed by atoms with Crippen LogP contribution in [0.25, 0.3) is 0 Å². The highest BCUT2D eigenvalue weighted by atomic mass is 15.3. The smallest absolute Gasteiger partial charge is 0.0760 e. The average molecular weight is 229 g/mol. The van der Waals surface area contributed by atoms with E-state index in [2.05, 4.69) is 43.2 Å². The van der Waals surface area contributed by atoms with Crippen molar-refractivity contribution < 1.29 is 0 Å². The number of hydrogen-bond acceptors (Lipinski definition) is 2. The third-order valence-corrected chi connectivity index (χ3v) is 2.90. The minimum absolute atomic E-state index is 0.499. The van der Waals surface area contributed by atoms with Gasteiger partial charge in [0.05, 0.1) is 12.2 Å². The molecule has 0 amide bonds. The van der Waals surface area contributed by atoms with E-state index in [0.717, 1.165) is 12.2 Å². The van der Waals surface area contributed by atoms with Crippen molar-refractivity contribution >= 4 is 0 Å². The van der Waals surface area contributed by atoms with E-state index < -0.39 is 0 Å². The first-order valence-electron chi connectivity index (χ1n) is 6.00. The minimum Gasteiger partial charge on any atom is -0.325 e. The van der Waals surface area contributed by atoms with E-state index in [0.29, 0.717) is 12.5 Å². The lowest BCUT2D eigenvalue weighted by Gasteiger charge is -2.07. The fourth-order valence-electron chi connectivity index (χ4n) is 1.80. The first kappa shape index (κ1) is 11.9. The number of nitrogens with two attached hydrogens (primary N) is 1. The van der Waals surface area contributed by atoms with Gasteiger partial charge in [0.25, 0.3) is 0 Å². The highest BCUT2D eigenvalue weighted by Gasteiger charge is 2.01. The van der Waals surface area contributed by atoms with Gasteiger partial charge in [0, 0.05) is 12.7 Å². The molecule has 0 saturated carbocycles. The molecule has 17 heavy (non-hydrogen) atoms. The molecule has 90 valence electrons. The van der Waals surface area contributed by atoms with Gasteiger partial charge in [-0.25, -0.2) is 0 Å². The van der Waals surface area contributed by atoms with Gasteiger partial charge in [-0.15, -0.1) is 0 Å². The molecule has 0 spiro atoms. The summed E-state index contributed by atoms with van der Waals surface area (Å²) in [6.07, 6.45) is 1.97. The van der Waals surface area contributed by atoms with Crippen LogP contribution in [0.15, 0.2) is 36.5 Å². The van der Waals surface area contributed by atoms with Crippen molar-refractivity contribution in [1.82, 2.24) is 9.78 Å². The van der Waals surface area contributed by atoms with Gasteiger partial charge < -0.3 is 5.73 Å². The lowest BCUT2D eigenvalue weighted by molar-refractivity contribution is 0.671. The summed E-state index contributed by atoms with van der Waals surface area (Å²) in [5.41, 5.74) is 9.10. The van der Waals surface area contributed by atoms with E-state index in [4.69, 9.17) is 5.73 Å². The molecule has 0 atom stereocenters. The SMILES string of the molecule is CC(C)c1ccc(Cn2ccc(CN)n2)cc1. The standard InChI is InChI=1S/C14H19N3/c1-11(2)13-5-3-12(4-6-13)10-17-8-7-14(9-15)16-17/h3-8,11H,9-10,15H2,1-2H3. The fourth-order valence-corrected chi connectivity index (χ4v) is 1.80. The topological polar surface area (TPSA) is 43.8 Å². The van der Waals surface area contributed by atoms with E-state index in [9.17, 15) is 0 Å². The molecular formula is C14H19N3. The van der Waals surface area contributed by atoms with Crippen molar-refractivity contribution in [2.24, 2.45) is 5.73 Å². The van der Waals surface area contributed by atoms with Crippen molar-refractivity contribution in [3.63, 3.8) is 0 Å². The normalized spacial score (nSPS) is 11.1. The molecule has 2 aromatic rings. The summed E-state index contributed by atoms with van der Waals surface area (Å²) in [5, 5.41) is 4.37. The Morgan fingerprint density at radius 1 is 1.18 bits per heavy atom. The molecule has 1 aromatic carbocycles. The van der Waals surface area contributed by atoms with Crippen molar-refractivity contribution in [1.29, 1.82) is 0 Å². The van der Waals surface area contributed by atoms with Crippen molar-refractivity contribution in [2.75, 3.05) is 0 Å². The third-order valence-electron chi connectivity index (χ3n) is 2.90. The summed E-state index contributed by atoms with van der Waals surface area (Å²) in [4.78, 5) is 0. The monoisotopic (exact) mass is 229 g/mol. The largest absolute Gasteiger partial charge is 0.325 e. The molecule has 0 aliphatic carbocycles. The second kappa shape index (κ2) is 5.15. The lowest BCUT2D eigenvalue weighted by Crippen LogP contribution is -2.03. The Balaban J connectivity index is 2.08. The van der Waals surface area contributed by atoms with E-state index in [1.165, 1.54) is 11.1 Å². The summed E-state index contributed by atoms with van der Waals surface area (Å²) in [6.45, 7) is 5.71. The van der Waals surface area contributed by atoms with Gasteiger partial charge >= 0.3 is 0 Å². The first-order chi connectivity index (χ1) is 8.19. The molecule has 1 heterocycles. The zero-order chi connectivity index (χ0) is 12.3. The summed E-state index contributed by atoms with van der Waals surface area (Å²) in [5.74, 6) is 0.581. The number of rotatable bonds is 4. The highest BCUT2D eigenvalue weighted by Crippen LogP contribution is 2.15. The van der Waals surface area contributed by atoms with Crippen LogP contribution in [0.2, 0.25) is 0 Å². The fraction of sp³-hybridized carbons (Fsp3) is 0.357. The molecule has 0 radical (unpaired) electrons. The van der Waals surface area contributed by atoms with Gasteiger partial charge in [-0.1, -0.05) is 38.1 Å².